The van der Waals surface area contributed by atoms with E-state index in [1.807, 2.05) is 24.3 Å². The van der Waals surface area contributed by atoms with Gasteiger partial charge in [-0.25, -0.2) is 0 Å². The first-order valence-electron chi connectivity index (χ1n) is 17.8. The van der Waals surface area contributed by atoms with Gasteiger partial charge in [-0.2, -0.15) is 26.3 Å². The number of alkyl halides is 6. The number of aliphatic carboxylic acids is 1. The fraction of sp³-hybridized carbons (Fsp3) is 0.462. The van der Waals surface area contributed by atoms with Crippen molar-refractivity contribution in [3.05, 3.63) is 94.8 Å². The van der Waals surface area contributed by atoms with E-state index in [0.29, 0.717) is 25.3 Å². The minimum atomic E-state index is -4.87. The van der Waals surface area contributed by atoms with Crippen LogP contribution >= 0.6 is 0 Å². The van der Waals surface area contributed by atoms with Gasteiger partial charge in [0.05, 0.1) is 22.7 Å². The quantitative estimate of drug-likeness (QED) is 0.159. The summed E-state index contributed by atoms with van der Waals surface area (Å²) in [6.07, 6.45) is -4.26. The van der Waals surface area contributed by atoms with Crippen molar-refractivity contribution in [1.82, 2.24) is 14.8 Å². The summed E-state index contributed by atoms with van der Waals surface area (Å²) in [5, 5.41) is 9.36. The highest BCUT2D eigenvalue weighted by Gasteiger charge is 2.56. The Labute approximate surface area is 309 Å². The van der Waals surface area contributed by atoms with Gasteiger partial charge in [0, 0.05) is 63.5 Å². The lowest BCUT2D eigenvalue weighted by Gasteiger charge is -2.51. The van der Waals surface area contributed by atoms with Crippen LogP contribution < -0.4 is 4.74 Å². The zero-order valence-electron chi connectivity index (χ0n) is 29.9. The molecule has 54 heavy (non-hydrogen) atoms. The summed E-state index contributed by atoms with van der Waals surface area (Å²) in [7, 11) is 1.63. The number of hydrogen-bond donors (Lipinski definition) is 1. The molecule has 3 aromatic rings. The zero-order chi connectivity index (χ0) is 39.3. The molecule has 9 nitrogen and oxygen atoms in total. The smallest absolute Gasteiger partial charge is 0.417 e. The molecule has 0 bridgehead atoms. The first-order chi connectivity index (χ1) is 25.6. The number of carbonyl (C=O) groups is 3. The third kappa shape index (κ3) is 8.39. The van der Waals surface area contributed by atoms with Crippen molar-refractivity contribution in [1.29, 1.82) is 0 Å². The Kier molecular flexibility index (Phi) is 12.1. The molecule has 0 aliphatic carbocycles. The molecular weight excluding hydrogens is 718 g/mol. The Hall–Kier alpha value is -4.95. The number of ether oxygens (including phenoxy) is 1. The minimum absolute atomic E-state index is 0.00426. The predicted molar refractivity (Wildman–Crippen MR) is 187 cm³/mol. The van der Waals surface area contributed by atoms with Gasteiger partial charge in [0.15, 0.2) is 0 Å². The van der Waals surface area contributed by atoms with Crippen LogP contribution in [0, 0.1) is 0 Å². The second kappa shape index (κ2) is 16.2. The van der Waals surface area contributed by atoms with E-state index < -0.39 is 63.9 Å². The van der Waals surface area contributed by atoms with Crippen LogP contribution in [0.2, 0.25) is 0 Å². The number of benzene rings is 2. The van der Waals surface area contributed by atoms with Gasteiger partial charge in [0.25, 0.3) is 11.8 Å². The van der Waals surface area contributed by atoms with E-state index in [1.165, 1.54) is 4.90 Å². The number of likely N-dealkylation sites (tertiary alicyclic amines) is 2. The number of carboxylic acid groups (broad SMARTS) is 1. The molecular formula is C39H42F6N4O5. The maximum atomic E-state index is 15.1. The molecule has 15 heteroatoms. The standard InChI is InChI=1S/C39H42F6N4O5/c1-3-7-32-37(54-28-13-11-27(12-14-28)38(40,41)42,17-6-21-49(32)34(52)29-24-47-20-16-31(29)39(43,44)45)35(53)48-22-18-36(19-23-48,25-46-2)30-9-5-4-8-26(30)10-15-33(50)51/h4-5,8-9,11-14,16,20,24-25,32H,3,6-7,10,15,17-19,21-23H2,1-2H3,(H,50,51). The summed E-state index contributed by atoms with van der Waals surface area (Å²) in [6, 6.07) is 10.9. The molecule has 2 aromatic carbocycles. The largest absolute Gasteiger partial charge is 0.481 e. The van der Waals surface area contributed by atoms with Crippen LogP contribution in [0.5, 0.6) is 5.75 Å². The number of amides is 2. The molecule has 2 atom stereocenters. The van der Waals surface area contributed by atoms with Crippen molar-refractivity contribution in [2.24, 2.45) is 4.99 Å². The van der Waals surface area contributed by atoms with Crippen LogP contribution in [0.3, 0.4) is 0 Å². The molecule has 5 rings (SSSR count). The maximum absolute atomic E-state index is 15.1. The van der Waals surface area contributed by atoms with E-state index in [4.69, 9.17) is 4.74 Å². The highest BCUT2D eigenvalue weighted by Crippen LogP contribution is 2.43. The Morgan fingerprint density at radius 3 is 2.26 bits per heavy atom. The number of hydrogen-bond acceptors (Lipinski definition) is 6. The summed E-state index contributed by atoms with van der Waals surface area (Å²) in [5.74, 6) is -2.54. The molecule has 290 valence electrons. The van der Waals surface area contributed by atoms with Crippen molar-refractivity contribution < 1.29 is 50.6 Å². The molecule has 2 unspecified atom stereocenters. The molecule has 0 spiro atoms. The van der Waals surface area contributed by atoms with Gasteiger partial charge in [0.2, 0.25) is 5.60 Å². The molecule has 2 aliphatic heterocycles. The van der Waals surface area contributed by atoms with Crippen molar-refractivity contribution in [3.63, 3.8) is 0 Å². The SMILES string of the molecule is CCCC1N(C(=O)c2cnccc2C(F)(F)F)CCCC1(Oc1ccc(C(F)(F)F)cc1)C(=O)N1CCC(C=NC)(c2ccccc2CCC(=O)O)CC1. The monoisotopic (exact) mass is 760 g/mol. The first kappa shape index (κ1) is 40.2. The Morgan fingerprint density at radius 1 is 0.963 bits per heavy atom. The van der Waals surface area contributed by atoms with Gasteiger partial charge < -0.3 is 19.6 Å². The van der Waals surface area contributed by atoms with Crippen molar-refractivity contribution >= 4 is 24.0 Å². The molecule has 0 saturated carbocycles. The summed E-state index contributed by atoms with van der Waals surface area (Å²) in [5.41, 5.74) is -3.62. The summed E-state index contributed by atoms with van der Waals surface area (Å²) >= 11 is 0. The second-order valence-electron chi connectivity index (χ2n) is 13.7. The number of aryl methyl sites for hydroxylation is 1. The third-order valence-electron chi connectivity index (χ3n) is 10.4. The average molecular weight is 761 g/mol. The predicted octanol–water partition coefficient (Wildman–Crippen LogP) is 7.62. The minimum Gasteiger partial charge on any atom is -0.481 e. The van der Waals surface area contributed by atoms with Gasteiger partial charge in [-0.1, -0.05) is 37.6 Å². The Balaban J connectivity index is 1.55. The maximum Gasteiger partial charge on any atom is 0.417 e. The van der Waals surface area contributed by atoms with Crippen molar-refractivity contribution in [2.75, 3.05) is 26.7 Å². The Bertz CT molecular complexity index is 1840. The third-order valence-corrected chi connectivity index (χ3v) is 10.4. The number of halogens is 6. The van der Waals surface area contributed by atoms with Crippen LogP contribution in [-0.4, -0.2) is 82.2 Å². The topological polar surface area (TPSA) is 112 Å². The number of rotatable bonds is 11. The number of pyridine rings is 1. The number of carboxylic acids is 1. The van der Waals surface area contributed by atoms with E-state index in [1.54, 1.807) is 25.1 Å². The molecule has 0 radical (unpaired) electrons. The molecule has 3 heterocycles. The molecule has 1 N–H and O–H groups in total. The van der Waals surface area contributed by atoms with Gasteiger partial charge in [-0.05, 0) is 73.6 Å². The van der Waals surface area contributed by atoms with E-state index in [-0.39, 0.29) is 57.5 Å². The van der Waals surface area contributed by atoms with Gasteiger partial charge in [0.1, 0.15) is 5.75 Å². The zero-order valence-corrected chi connectivity index (χ0v) is 29.9. The lowest BCUT2D eigenvalue weighted by Crippen LogP contribution is -2.68. The number of aliphatic imine (C=N–C) groups is 1. The average Bonchev–Trinajstić information content (AvgIpc) is 3.14. The summed E-state index contributed by atoms with van der Waals surface area (Å²) < 4.78 is 89.2. The summed E-state index contributed by atoms with van der Waals surface area (Å²) in [6.45, 7) is 2.13. The summed E-state index contributed by atoms with van der Waals surface area (Å²) in [4.78, 5) is 51.5. The lowest BCUT2D eigenvalue weighted by atomic mass is 9.71. The fourth-order valence-corrected chi connectivity index (χ4v) is 7.85. The van der Waals surface area contributed by atoms with E-state index in [0.717, 1.165) is 47.8 Å². The highest BCUT2D eigenvalue weighted by molar-refractivity contribution is 5.97. The van der Waals surface area contributed by atoms with Gasteiger partial charge in [-0.15, -0.1) is 0 Å². The van der Waals surface area contributed by atoms with E-state index >= 15 is 4.79 Å². The van der Waals surface area contributed by atoms with Gasteiger partial charge >= 0.3 is 18.3 Å². The number of aromatic nitrogens is 1. The van der Waals surface area contributed by atoms with E-state index in [2.05, 4.69) is 9.98 Å². The van der Waals surface area contributed by atoms with Crippen LogP contribution in [0.1, 0.15) is 84.5 Å². The Morgan fingerprint density at radius 2 is 1.65 bits per heavy atom. The second-order valence-corrected chi connectivity index (χ2v) is 13.7. The number of nitrogens with zero attached hydrogens (tertiary/aromatic N) is 4. The van der Waals surface area contributed by atoms with Crippen molar-refractivity contribution in [3.8, 4) is 5.75 Å². The molecule has 2 saturated heterocycles. The van der Waals surface area contributed by atoms with Gasteiger partial charge in [-0.3, -0.25) is 24.4 Å². The van der Waals surface area contributed by atoms with Crippen LogP contribution in [0.15, 0.2) is 72.0 Å². The highest BCUT2D eigenvalue weighted by atomic mass is 19.4. The van der Waals surface area contributed by atoms with E-state index in [9.17, 15) is 41.0 Å². The van der Waals surface area contributed by atoms with Crippen LogP contribution in [0.4, 0.5) is 26.3 Å². The molecule has 1 aromatic heterocycles. The number of carbonyl (C=O) groups excluding carboxylic acids is 2. The van der Waals surface area contributed by atoms with Crippen LogP contribution in [0.25, 0.3) is 0 Å². The molecule has 2 amide bonds. The fourth-order valence-electron chi connectivity index (χ4n) is 7.85. The number of piperidine rings is 2. The first-order valence-corrected chi connectivity index (χ1v) is 17.8. The lowest BCUT2D eigenvalue weighted by molar-refractivity contribution is -0.160. The normalized spacial score (nSPS) is 20.6. The van der Waals surface area contributed by atoms with Crippen molar-refractivity contribution in [2.45, 2.75) is 87.7 Å². The molecule has 2 aliphatic rings. The molecule has 2 fully saturated rings. The van der Waals surface area contributed by atoms with Crippen LogP contribution in [-0.2, 0) is 33.8 Å².